The molecule has 6 heteroatoms. The van der Waals surface area contributed by atoms with Crippen LogP contribution in [0.25, 0.3) is 11.3 Å². The first-order valence-corrected chi connectivity index (χ1v) is 9.98. The van der Waals surface area contributed by atoms with Crippen molar-refractivity contribution in [3.8, 4) is 11.3 Å². The van der Waals surface area contributed by atoms with Crippen molar-refractivity contribution in [3.05, 3.63) is 64.5 Å². The van der Waals surface area contributed by atoms with Gasteiger partial charge in [0.05, 0.1) is 15.6 Å². The van der Waals surface area contributed by atoms with Gasteiger partial charge in [0.1, 0.15) is 0 Å². The van der Waals surface area contributed by atoms with Crippen LogP contribution in [0.1, 0.15) is 17.5 Å². The molecule has 0 atom stereocenters. The molecule has 0 spiro atoms. The van der Waals surface area contributed by atoms with Crippen LogP contribution in [0, 0.1) is 6.92 Å². The van der Waals surface area contributed by atoms with E-state index in [4.69, 9.17) is 0 Å². The van der Waals surface area contributed by atoms with E-state index in [-0.39, 0.29) is 4.90 Å². The Labute approximate surface area is 146 Å². The van der Waals surface area contributed by atoms with E-state index in [1.54, 1.807) is 35.6 Å². The SMILES string of the molecule is CCc1ccc(S(=O)(=O)Nc2cccc(-c3csc(C)n3)c2)cc1. The van der Waals surface area contributed by atoms with Gasteiger partial charge in [-0.15, -0.1) is 11.3 Å². The summed E-state index contributed by atoms with van der Waals surface area (Å²) in [6, 6.07) is 14.2. The molecule has 0 saturated carbocycles. The Hall–Kier alpha value is -2.18. The van der Waals surface area contributed by atoms with Gasteiger partial charge in [-0.3, -0.25) is 4.72 Å². The normalized spacial score (nSPS) is 11.4. The van der Waals surface area contributed by atoms with Gasteiger partial charge < -0.3 is 0 Å². The zero-order chi connectivity index (χ0) is 17.2. The monoisotopic (exact) mass is 358 g/mol. The number of thiazole rings is 1. The van der Waals surface area contributed by atoms with Crippen LogP contribution in [0.5, 0.6) is 0 Å². The molecule has 0 unspecified atom stereocenters. The molecule has 0 aliphatic heterocycles. The minimum absolute atomic E-state index is 0.259. The van der Waals surface area contributed by atoms with Gasteiger partial charge in [0.25, 0.3) is 10.0 Å². The van der Waals surface area contributed by atoms with Gasteiger partial charge in [-0.25, -0.2) is 13.4 Å². The highest BCUT2D eigenvalue weighted by Gasteiger charge is 2.14. The van der Waals surface area contributed by atoms with Crippen molar-refractivity contribution in [2.24, 2.45) is 0 Å². The first kappa shape index (κ1) is 16.7. The van der Waals surface area contributed by atoms with Crippen LogP contribution in [0.4, 0.5) is 5.69 Å². The van der Waals surface area contributed by atoms with Crippen LogP contribution >= 0.6 is 11.3 Å². The fraction of sp³-hybridized carbons (Fsp3) is 0.167. The first-order chi connectivity index (χ1) is 11.5. The van der Waals surface area contributed by atoms with Crippen LogP contribution in [0.3, 0.4) is 0 Å². The van der Waals surface area contributed by atoms with Gasteiger partial charge >= 0.3 is 0 Å². The molecule has 0 fully saturated rings. The minimum atomic E-state index is -3.60. The summed E-state index contributed by atoms with van der Waals surface area (Å²) in [7, 11) is -3.60. The van der Waals surface area contributed by atoms with E-state index in [9.17, 15) is 8.42 Å². The van der Waals surface area contributed by atoms with E-state index in [1.807, 2.05) is 43.5 Å². The van der Waals surface area contributed by atoms with Crippen molar-refractivity contribution in [2.45, 2.75) is 25.2 Å². The highest BCUT2D eigenvalue weighted by molar-refractivity contribution is 7.92. The summed E-state index contributed by atoms with van der Waals surface area (Å²) in [4.78, 5) is 4.70. The molecule has 24 heavy (non-hydrogen) atoms. The van der Waals surface area contributed by atoms with Crippen molar-refractivity contribution in [2.75, 3.05) is 4.72 Å². The topological polar surface area (TPSA) is 59.1 Å². The van der Waals surface area contributed by atoms with Gasteiger partial charge in [0.15, 0.2) is 0 Å². The Balaban J connectivity index is 1.87. The third-order valence-electron chi connectivity index (χ3n) is 3.67. The number of aromatic nitrogens is 1. The zero-order valence-electron chi connectivity index (χ0n) is 13.5. The third-order valence-corrected chi connectivity index (χ3v) is 5.84. The Morgan fingerprint density at radius 2 is 1.88 bits per heavy atom. The van der Waals surface area contributed by atoms with Gasteiger partial charge in [-0.1, -0.05) is 31.2 Å². The zero-order valence-corrected chi connectivity index (χ0v) is 15.1. The average Bonchev–Trinajstić information content (AvgIpc) is 3.01. The highest BCUT2D eigenvalue weighted by Crippen LogP contribution is 2.25. The predicted octanol–water partition coefficient (Wildman–Crippen LogP) is 4.48. The van der Waals surface area contributed by atoms with Gasteiger partial charge in [-0.2, -0.15) is 0 Å². The molecule has 0 aliphatic rings. The summed E-state index contributed by atoms with van der Waals surface area (Å²) in [5.74, 6) is 0. The lowest BCUT2D eigenvalue weighted by Crippen LogP contribution is -2.12. The van der Waals surface area contributed by atoms with Gasteiger partial charge in [0.2, 0.25) is 0 Å². The fourth-order valence-electron chi connectivity index (χ4n) is 2.36. The van der Waals surface area contributed by atoms with Crippen molar-refractivity contribution >= 4 is 27.0 Å². The molecule has 4 nitrogen and oxygen atoms in total. The summed E-state index contributed by atoms with van der Waals surface area (Å²) in [5.41, 5.74) is 3.37. The van der Waals surface area contributed by atoms with E-state index in [1.165, 1.54) is 0 Å². The summed E-state index contributed by atoms with van der Waals surface area (Å²) in [6.07, 6.45) is 0.878. The van der Waals surface area contributed by atoms with Crippen molar-refractivity contribution in [3.63, 3.8) is 0 Å². The molecule has 0 aliphatic carbocycles. The molecule has 0 radical (unpaired) electrons. The maximum Gasteiger partial charge on any atom is 0.261 e. The maximum atomic E-state index is 12.5. The maximum absolute atomic E-state index is 12.5. The number of nitrogens with zero attached hydrogens (tertiary/aromatic N) is 1. The molecular formula is C18H18N2O2S2. The largest absolute Gasteiger partial charge is 0.280 e. The lowest BCUT2D eigenvalue weighted by atomic mass is 10.1. The number of sulfonamides is 1. The molecule has 0 bridgehead atoms. The van der Waals surface area contributed by atoms with Crippen molar-refractivity contribution < 1.29 is 8.42 Å². The molecule has 2 aromatic carbocycles. The van der Waals surface area contributed by atoms with E-state index in [0.717, 1.165) is 28.2 Å². The van der Waals surface area contributed by atoms with E-state index >= 15 is 0 Å². The second kappa shape index (κ2) is 6.75. The van der Waals surface area contributed by atoms with Crippen molar-refractivity contribution in [1.29, 1.82) is 0 Å². The first-order valence-electron chi connectivity index (χ1n) is 7.62. The number of anilines is 1. The average molecular weight is 358 g/mol. The lowest BCUT2D eigenvalue weighted by Gasteiger charge is -2.09. The Morgan fingerprint density at radius 1 is 1.12 bits per heavy atom. The van der Waals surface area contributed by atoms with Crippen LogP contribution in [-0.2, 0) is 16.4 Å². The second-order valence-electron chi connectivity index (χ2n) is 5.44. The number of hydrogen-bond acceptors (Lipinski definition) is 4. The summed E-state index contributed by atoms with van der Waals surface area (Å²) >= 11 is 1.57. The molecule has 0 amide bonds. The Kier molecular flexibility index (Phi) is 4.69. The van der Waals surface area contributed by atoms with Crippen molar-refractivity contribution in [1.82, 2.24) is 4.98 Å². The summed E-state index contributed by atoms with van der Waals surface area (Å²) < 4.78 is 27.7. The molecular weight excluding hydrogens is 340 g/mol. The number of hydrogen-bond donors (Lipinski definition) is 1. The molecule has 1 heterocycles. The van der Waals surface area contributed by atoms with Crippen LogP contribution < -0.4 is 4.72 Å². The van der Waals surface area contributed by atoms with Crippen LogP contribution in [0.2, 0.25) is 0 Å². The lowest BCUT2D eigenvalue weighted by molar-refractivity contribution is 0.601. The standard InChI is InChI=1S/C18H18N2O2S2/c1-3-14-7-9-17(10-8-14)24(21,22)20-16-6-4-5-15(11-16)18-12-23-13(2)19-18/h4-12,20H,3H2,1-2H3. The summed E-state index contributed by atoms with van der Waals surface area (Å²) in [6.45, 7) is 3.98. The van der Waals surface area contributed by atoms with E-state index in [2.05, 4.69) is 9.71 Å². The predicted molar refractivity (Wildman–Crippen MR) is 98.9 cm³/mol. The smallest absolute Gasteiger partial charge is 0.261 e. The number of nitrogens with one attached hydrogen (secondary N) is 1. The molecule has 0 saturated heterocycles. The second-order valence-corrected chi connectivity index (χ2v) is 8.18. The van der Waals surface area contributed by atoms with Gasteiger partial charge in [-0.05, 0) is 43.2 Å². The molecule has 1 N–H and O–H groups in total. The molecule has 3 aromatic rings. The van der Waals surface area contributed by atoms with E-state index < -0.39 is 10.0 Å². The minimum Gasteiger partial charge on any atom is -0.280 e. The summed E-state index contributed by atoms with van der Waals surface area (Å²) in [5, 5.41) is 2.94. The Bertz CT molecular complexity index is 945. The van der Waals surface area contributed by atoms with Crippen LogP contribution in [0.15, 0.2) is 58.8 Å². The Morgan fingerprint density at radius 3 is 2.50 bits per heavy atom. The number of aryl methyl sites for hydroxylation is 2. The number of rotatable bonds is 5. The fourth-order valence-corrected chi connectivity index (χ4v) is 4.03. The highest BCUT2D eigenvalue weighted by atomic mass is 32.2. The number of benzene rings is 2. The molecule has 1 aromatic heterocycles. The van der Waals surface area contributed by atoms with E-state index in [0.29, 0.717) is 5.69 Å². The third kappa shape index (κ3) is 3.66. The van der Waals surface area contributed by atoms with Crippen LogP contribution in [-0.4, -0.2) is 13.4 Å². The quantitative estimate of drug-likeness (QED) is 0.731. The van der Waals surface area contributed by atoms with Gasteiger partial charge in [0, 0.05) is 16.6 Å². The molecule has 3 rings (SSSR count). The molecule has 124 valence electrons.